The van der Waals surface area contributed by atoms with Gasteiger partial charge in [-0.2, -0.15) is 0 Å². The van der Waals surface area contributed by atoms with Crippen LogP contribution in [0.5, 0.6) is 0 Å². The molecule has 3 heterocycles. The van der Waals surface area contributed by atoms with Crippen LogP contribution in [-0.4, -0.2) is 11.7 Å². The Labute approximate surface area is 329 Å². The van der Waals surface area contributed by atoms with Crippen LogP contribution in [0.25, 0.3) is 96.7 Å². The molecule has 0 unspecified atom stereocenters. The molecular weight excluding hydrogens is 719 g/mol. The molecule has 9 aromatic carbocycles. The Morgan fingerprint density at radius 3 is 2.05 bits per heavy atom. The van der Waals surface area contributed by atoms with Gasteiger partial charge in [0.1, 0.15) is 28.2 Å². The molecule has 0 aliphatic carbocycles. The number of furan rings is 2. The summed E-state index contributed by atoms with van der Waals surface area (Å²) in [5, 5.41) is 11.8. The summed E-state index contributed by atoms with van der Waals surface area (Å²) in [6.07, 6.45) is 0. The third-order valence-electron chi connectivity index (χ3n) is 11.4. The van der Waals surface area contributed by atoms with Crippen molar-refractivity contribution in [1.29, 1.82) is 0 Å². The van der Waals surface area contributed by atoms with Crippen LogP contribution >= 0.6 is 11.3 Å². The van der Waals surface area contributed by atoms with Crippen LogP contribution in [0.15, 0.2) is 183 Å². The molecule has 0 saturated heterocycles. The van der Waals surface area contributed by atoms with Gasteiger partial charge in [-0.3, -0.25) is 4.99 Å². The molecule has 5 nitrogen and oxygen atoms in total. The average molecular weight is 750 g/mol. The largest absolute Gasteiger partial charge is 0.456 e. The summed E-state index contributed by atoms with van der Waals surface area (Å²) in [7, 11) is 0. The molecule has 0 atom stereocenters. The second kappa shape index (κ2) is 12.4. The lowest BCUT2D eigenvalue weighted by Crippen LogP contribution is -2.16. The minimum Gasteiger partial charge on any atom is -0.456 e. The molecule has 2 N–H and O–H groups in total. The van der Waals surface area contributed by atoms with Crippen LogP contribution in [0.4, 0.5) is 0 Å². The first-order chi connectivity index (χ1) is 28.2. The molecule has 0 aliphatic heterocycles. The van der Waals surface area contributed by atoms with Gasteiger partial charge in [-0.15, -0.1) is 11.3 Å². The van der Waals surface area contributed by atoms with Gasteiger partial charge < -0.3 is 14.6 Å². The maximum absolute atomic E-state index is 6.94. The summed E-state index contributed by atoms with van der Waals surface area (Å²) < 4.78 is 15.2. The van der Waals surface area contributed by atoms with Gasteiger partial charge in [-0.25, -0.2) is 4.99 Å². The summed E-state index contributed by atoms with van der Waals surface area (Å²) in [4.78, 5) is 10.2. The maximum Gasteiger partial charge on any atom is 0.157 e. The van der Waals surface area contributed by atoms with Gasteiger partial charge in [-0.1, -0.05) is 127 Å². The highest BCUT2D eigenvalue weighted by Crippen LogP contribution is 2.45. The van der Waals surface area contributed by atoms with E-state index in [1.54, 1.807) is 11.3 Å². The van der Waals surface area contributed by atoms with Gasteiger partial charge in [-0.05, 0) is 69.1 Å². The van der Waals surface area contributed by atoms with Crippen molar-refractivity contribution in [3.05, 3.63) is 180 Å². The molecule has 0 aliphatic rings. The predicted molar refractivity (Wildman–Crippen MR) is 239 cm³/mol. The second-order valence-corrected chi connectivity index (χ2v) is 15.7. The van der Waals surface area contributed by atoms with Crippen LogP contribution in [0.2, 0.25) is 0 Å². The number of nitrogens with two attached hydrogens (primary N) is 1. The van der Waals surface area contributed by atoms with E-state index in [1.807, 2.05) is 24.3 Å². The summed E-state index contributed by atoms with van der Waals surface area (Å²) in [6.45, 7) is 0.402. The number of thiophene rings is 1. The molecule has 0 amide bonds. The van der Waals surface area contributed by atoms with Crippen LogP contribution in [-0.2, 0) is 6.54 Å². The first kappa shape index (κ1) is 32.0. The Morgan fingerprint density at radius 2 is 1.19 bits per heavy atom. The van der Waals surface area contributed by atoms with Crippen LogP contribution < -0.4 is 5.73 Å². The summed E-state index contributed by atoms with van der Waals surface area (Å²) in [5.74, 6) is 0.981. The Balaban J connectivity index is 0.977. The van der Waals surface area contributed by atoms with E-state index in [1.165, 1.54) is 42.4 Å². The van der Waals surface area contributed by atoms with Gasteiger partial charge >= 0.3 is 0 Å². The molecule has 0 spiro atoms. The summed E-state index contributed by atoms with van der Waals surface area (Å²) in [6, 6.07) is 57.0. The van der Waals surface area contributed by atoms with Crippen molar-refractivity contribution in [2.24, 2.45) is 15.7 Å². The Kier molecular flexibility index (Phi) is 6.94. The van der Waals surface area contributed by atoms with Crippen molar-refractivity contribution in [1.82, 2.24) is 0 Å². The molecule has 3 aromatic heterocycles. The van der Waals surface area contributed by atoms with E-state index in [2.05, 4.69) is 140 Å². The van der Waals surface area contributed by atoms with Gasteiger partial charge in [0.05, 0.1) is 6.54 Å². The third-order valence-corrected chi connectivity index (χ3v) is 12.6. The fourth-order valence-electron chi connectivity index (χ4n) is 8.70. The topological polar surface area (TPSA) is 77.0 Å². The highest BCUT2D eigenvalue weighted by atomic mass is 32.1. The molecule has 0 fully saturated rings. The number of hydrogen-bond donors (Lipinski definition) is 1. The SMILES string of the molecule is NC(=NC(=NCc1ccc2c(c1)oc1ccccc12)c1ccc(-c2ccc3c4ccccc4c4cccc5oc2c3c54)cc1)c1cccc2c1sc1ccccc12. The molecule has 268 valence electrons. The lowest BCUT2D eigenvalue weighted by Gasteiger charge is -2.10. The monoisotopic (exact) mass is 749 g/mol. The molecule has 12 rings (SSSR count). The lowest BCUT2D eigenvalue weighted by atomic mass is 9.92. The van der Waals surface area contributed by atoms with E-state index in [4.69, 9.17) is 24.6 Å². The molecule has 6 heteroatoms. The standard InChI is InChI=1S/C51H31N3O2S/c52-50(41-15-7-14-40-37-12-4-6-18-45(37)57-49(40)41)54-51(53-28-29-19-24-36-35-11-3-5-16-42(35)55-44(36)27-29)31-22-20-30(21-23-31)32-25-26-39-34-10-2-1-9-33(34)38-13-8-17-43-46(38)47(39)48(32)56-43/h1-27H,28H2,(H2,52,53,54). The second-order valence-electron chi connectivity index (χ2n) is 14.6. The van der Waals surface area contributed by atoms with Crippen molar-refractivity contribution < 1.29 is 8.83 Å². The first-order valence-electron chi connectivity index (χ1n) is 19.0. The van der Waals surface area contributed by atoms with E-state index >= 15 is 0 Å². The minimum atomic E-state index is 0.402. The number of amidine groups is 2. The maximum atomic E-state index is 6.94. The molecule has 12 aromatic rings. The van der Waals surface area contributed by atoms with Crippen LogP contribution in [0.3, 0.4) is 0 Å². The van der Waals surface area contributed by atoms with Crippen LogP contribution in [0, 0.1) is 0 Å². The van der Waals surface area contributed by atoms with Crippen molar-refractivity contribution in [2.75, 3.05) is 0 Å². The zero-order valence-corrected chi connectivity index (χ0v) is 31.3. The first-order valence-corrected chi connectivity index (χ1v) is 19.9. The Bertz CT molecular complexity index is 3620. The van der Waals surface area contributed by atoms with Crippen LogP contribution in [0.1, 0.15) is 16.7 Å². The number of para-hydroxylation sites is 1. The van der Waals surface area contributed by atoms with Crippen molar-refractivity contribution in [3.63, 3.8) is 0 Å². The number of hydrogen-bond acceptors (Lipinski definition) is 4. The van der Waals surface area contributed by atoms with E-state index in [-0.39, 0.29) is 0 Å². The van der Waals surface area contributed by atoms with Crippen molar-refractivity contribution in [3.8, 4) is 11.1 Å². The zero-order chi connectivity index (χ0) is 37.6. The summed E-state index contributed by atoms with van der Waals surface area (Å²) >= 11 is 1.74. The Morgan fingerprint density at radius 1 is 0.526 bits per heavy atom. The smallest absolute Gasteiger partial charge is 0.157 e. The highest BCUT2D eigenvalue weighted by Gasteiger charge is 2.20. The predicted octanol–water partition coefficient (Wildman–Crippen LogP) is 13.6. The van der Waals surface area contributed by atoms with Gasteiger partial charge in [0.25, 0.3) is 0 Å². The van der Waals surface area contributed by atoms with E-state index in [0.717, 1.165) is 71.0 Å². The quantitative estimate of drug-likeness (QED) is 0.108. The fraction of sp³-hybridized carbons (Fsp3) is 0.0196. The minimum absolute atomic E-state index is 0.402. The number of aliphatic imine (C=N–C) groups is 2. The molecule has 57 heavy (non-hydrogen) atoms. The number of benzene rings is 9. The van der Waals surface area contributed by atoms with Gasteiger partial charge in [0.2, 0.25) is 0 Å². The average Bonchev–Trinajstić information content (AvgIpc) is 3.96. The Hall–Kier alpha value is -7.28. The molecule has 0 saturated carbocycles. The van der Waals surface area contributed by atoms with Gasteiger partial charge in [0.15, 0.2) is 5.84 Å². The summed E-state index contributed by atoms with van der Waals surface area (Å²) in [5.41, 5.74) is 15.3. The third kappa shape index (κ3) is 4.94. The molecule has 0 radical (unpaired) electrons. The highest BCUT2D eigenvalue weighted by molar-refractivity contribution is 7.26. The number of fused-ring (bicyclic) bond motifs is 9. The lowest BCUT2D eigenvalue weighted by molar-refractivity contribution is 0.668. The van der Waals surface area contributed by atoms with E-state index in [0.29, 0.717) is 18.2 Å². The van der Waals surface area contributed by atoms with Crippen molar-refractivity contribution in [2.45, 2.75) is 6.54 Å². The zero-order valence-electron chi connectivity index (χ0n) is 30.5. The van der Waals surface area contributed by atoms with E-state index in [9.17, 15) is 0 Å². The molecule has 0 bridgehead atoms. The number of rotatable bonds is 5. The van der Waals surface area contributed by atoms with Crippen molar-refractivity contribution >= 4 is 109 Å². The van der Waals surface area contributed by atoms with E-state index < -0.39 is 0 Å². The number of nitrogens with zero attached hydrogens (tertiary/aromatic N) is 2. The molecular formula is C51H31N3O2S. The normalized spacial score (nSPS) is 12.9. The van der Waals surface area contributed by atoms with Gasteiger partial charge in [0, 0.05) is 58.4 Å². The fourth-order valence-corrected chi connectivity index (χ4v) is 9.92.